The Bertz CT molecular complexity index is 595. The lowest BCUT2D eigenvalue weighted by atomic mass is 10.1. The Morgan fingerprint density at radius 3 is 2.65 bits per heavy atom. The number of nitrogens with one attached hydrogen (secondary N) is 1. The molecule has 0 spiro atoms. The van der Waals surface area contributed by atoms with E-state index in [4.69, 9.17) is 4.42 Å². The minimum absolute atomic E-state index is 0.179. The molecule has 1 N–H and O–H groups in total. The van der Waals surface area contributed by atoms with Crippen LogP contribution in [0.5, 0.6) is 0 Å². The molecule has 2 aromatic rings. The van der Waals surface area contributed by atoms with Gasteiger partial charge in [-0.25, -0.2) is 4.39 Å². The fourth-order valence-electron chi connectivity index (χ4n) is 1.53. The molecule has 0 saturated carbocycles. The second-order valence-corrected chi connectivity index (χ2v) is 3.97. The Hall–Kier alpha value is -1.96. The van der Waals surface area contributed by atoms with Crippen LogP contribution in [-0.2, 0) is 12.7 Å². The van der Waals surface area contributed by atoms with Gasteiger partial charge in [0.2, 0.25) is 5.89 Å². The molecule has 0 atom stereocenters. The van der Waals surface area contributed by atoms with E-state index >= 15 is 0 Å². The van der Waals surface area contributed by atoms with Gasteiger partial charge in [0, 0.05) is 0 Å². The SMILES string of the molecule is CCNCc1nnc(-c2cc(C(F)(F)F)ccc2F)o1. The highest BCUT2D eigenvalue weighted by Crippen LogP contribution is 2.33. The van der Waals surface area contributed by atoms with Gasteiger partial charge in [0.25, 0.3) is 5.89 Å². The van der Waals surface area contributed by atoms with Crippen LogP contribution in [0, 0.1) is 5.82 Å². The van der Waals surface area contributed by atoms with Gasteiger partial charge in [-0.1, -0.05) is 6.92 Å². The zero-order valence-electron chi connectivity index (χ0n) is 10.5. The molecule has 8 heteroatoms. The molecule has 0 fully saturated rings. The summed E-state index contributed by atoms with van der Waals surface area (Å²) < 4.78 is 56.5. The van der Waals surface area contributed by atoms with Crippen LogP contribution >= 0.6 is 0 Å². The van der Waals surface area contributed by atoms with Crippen LogP contribution in [0.15, 0.2) is 22.6 Å². The van der Waals surface area contributed by atoms with E-state index in [1.54, 1.807) is 0 Å². The van der Waals surface area contributed by atoms with Crippen molar-refractivity contribution in [3.8, 4) is 11.5 Å². The molecule has 0 saturated heterocycles. The molecule has 2 rings (SSSR count). The average Bonchev–Trinajstić information content (AvgIpc) is 2.84. The lowest BCUT2D eigenvalue weighted by molar-refractivity contribution is -0.137. The number of alkyl halides is 3. The topological polar surface area (TPSA) is 51.0 Å². The van der Waals surface area contributed by atoms with Crippen molar-refractivity contribution in [1.29, 1.82) is 0 Å². The summed E-state index contributed by atoms with van der Waals surface area (Å²) in [5.74, 6) is -0.947. The zero-order chi connectivity index (χ0) is 14.8. The fourth-order valence-corrected chi connectivity index (χ4v) is 1.53. The molecule has 1 heterocycles. The summed E-state index contributed by atoms with van der Waals surface area (Å²) >= 11 is 0. The molecule has 0 radical (unpaired) electrons. The lowest BCUT2D eigenvalue weighted by Crippen LogP contribution is -2.11. The fraction of sp³-hybridized carbons (Fsp3) is 0.333. The quantitative estimate of drug-likeness (QED) is 0.879. The smallest absolute Gasteiger partial charge is 0.416 e. The summed E-state index contributed by atoms with van der Waals surface area (Å²) in [6.07, 6.45) is -4.56. The molecule has 20 heavy (non-hydrogen) atoms. The van der Waals surface area contributed by atoms with Gasteiger partial charge in [-0.3, -0.25) is 0 Å². The predicted molar refractivity (Wildman–Crippen MR) is 62.1 cm³/mol. The number of rotatable bonds is 4. The van der Waals surface area contributed by atoms with Crippen molar-refractivity contribution in [2.24, 2.45) is 0 Å². The van der Waals surface area contributed by atoms with Gasteiger partial charge in [-0.05, 0) is 24.7 Å². The first-order valence-corrected chi connectivity index (χ1v) is 5.82. The van der Waals surface area contributed by atoms with Crippen LogP contribution in [-0.4, -0.2) is 16.7 Å². The van der Waals surface area contributed by atoms with Crippen molar-refractivity contribution in [1.82, 2.24) is 15.5 Å². The average molecular weight is 289 g/mol. The van der Waals surface area contributed by atoms with Crippen LogP contribution in [0.3, 0.4) is 0 Å². The summed E-state index contributed by atoms with van der Waals surface area (Å²) in [4.78, 5) is 0. The second kappa shape index (κ2) is 5.58. The molecule has 0 bridgehead atoms. The van der Waals surface area contributed by atoms with Crippen molar-refractivity contribution in [3.05, 3.63) is 35.5 Å². The predicted octanol–water partition coefficient (Wildman–Crippen LogP) is 3.00. The highest BCUT2D eigenvalue weighted by Gasteiger charge is 2.31. The second-order valence-electron chi connectivity index (χ2n) is 3.97. The van der Waals surface area contributed by atoms with Crippen molar-refractivity contribution < 1.29 is 22.0 Å². The van der Waals surface area contributed by atoms with E-state index in [-0.39, 0.29) is 23.9 Å². The standard InChI is InChI=1S/C12H11F4N3O/c1-2-17-6-10-18-19-11(20-10)8-5-7(12(14,15)16)3-4-9(8)13/h3-5,17H,2,6H2,1H3. The van der Waals surface area contributed by atoms with Crippen LogP contribution < -0.4 is 5.32 Å². The maximum absolute atomic E-state index is 13.6. The zero-order valence-corrected chi connectivity index (χ0v) is 10.5. The highest BCUT2D eigenvalue weighted by molar-refractivity contribution is 5.55. The van der Waals surface area contributed by atoms with Crippen LogP contribution in [0.25, 0.3) is 11.5 Å². The van der Waals surface area contributed by atoms with E-state index in [1.807, 2.05) is 6.92 Å². The first-order valence-electron chi connectivity index (χ1n) is 5.82. The maximum Gasteiger partial charge on any atom is 0.416 e. The number of aromatic nitrogens is 2. The first kappa shape index (κ1) is 14.4. The van der Waals surface area contributed by atoms with Crippen molar-refractivity contribution in [2.75, 3.05) is 6.54 Å². The van der Waals surface area contributed by atoms with E-state index in [0.717, 1.165) is 6.07 Å². The van der Waals surface area contributed by atoms with Gasteiger partial charge < -0.3 is 9.73 Å². The highest BCUT2D eigenvalue weighted by atomic mass is 19.4. The maximum atomic E-state index is 13.6. The van der Waals surface area contributed by atoms with Crippen LogP contribution in [0.4, 0.5) is 17.6 Å². The van der Waals surface area contributed by atoms with Gasteiger partial charge in [-0.15, -0.1) is 10.2 Å². The van der Waals surface area contributed by atoms with E-state index in [2.05, 4.69) is 15.5 Å². The number of hydrogen-bond donors (Lipinski definition) is 1. The summed E-state index contributed by atoms with van der Waals surface area (Å²) in [5.41, 5.74) is -1.34. The lowest BCUT2D eigenvalue weighted by Gasteiger charge is -2.07. The third-order valence-electron chi connectivity index (χ3n) is 2.52. The number of nitrogens with zero attached hydrogens (tertiary/aromatic N) is 2. The molecule has 0 aliphatic heterocycles. The van der Waals surface area contributed by atoms with E-state index in [1.165, 1.54) is 0 Å². The van der Waals surface area contributed by atoms with E-state index < -0.39 is 17.6 Å². The minimum atomic E-state index is -4.56. The van der Waals surface area contributed by atoms with Crippen LogP contribution in [0.1, 0.15) is 18.4 Å². The van der Waals surface area contributed by atoms with Crippen molar-refractivity contribution >= 4 is 0 Å². The summed E-state index contributed by atoms with van der Waals surface area (Å²) in [6.45, 7) is 2.80. The summed E-state index contributed by atoms with van der Waals surface area (Å²) in [5, 5.41) is 10.1. The van der Waals surface area contributed by atoms with Crippen LogP contribution in [0.2, 0.25) is 0 Å². The molecule has 0 amide bonds. The summed E-state index contributed by atoms with van der Waals surface area (Å²) in [6, 6.07) is 2.04. The monoisotopic (exact) mass is 289 g/mol. The number of halogens is 4. The van der Waals surface area contributed by atoms with Crippen molar-refractivity contribution in [2.45, 2.75) is 19.6 Å². The largest absolute Gasteiger partial charge is 0.419 e. The molecule has 108 valence electrons. The number of hydrogen-bond acceptors (Lipinski definition) is 4. The Labute approximate surface area is 111 Å². The van der Waals surface area contributed by atoms with Gasteiger partial charge in [0.1, 0.15) is 5.82 Å². The molecule has 1 aromatic heterocycles. The van der Waals surface area contributed by atoms with Gasteiger partial charge in [-0.2, -0.15) is 13.2 Å². The summed E-state index contributed by atoms with van der Waals surface area (Å²) in [7, 11) is 0. The van der Waals surface area contributed by atoms with Crippen molar-refractivity contribution in [3.63, 3.8) is 0 Å². The molecule has 4 nitrogen and oxygen atoms in total. The Morgan fingerprint density at radius 2 is 2.00 bits per heavy atom. The van der Waals surface area contributed by atoms with Gasteiger partial charge in [0.15, 0.2) is 0 Å². The molecule has 0 aliphatic rings. The third kappa shape index (κ3) is 3.13. The minimum Gasteiger partial charge on any atom is -0.419 e. The molecule has 1 aromatic carbocycles. The number of benzene rings is 1. The van der Waals surface area contributed by atoms with Gasteiger partial charge >= 0.3 is 6.18 Å². The normalized spacial score (nSPS) is 11.8. The van der Waals surface area contributed by atoms with E-state index in [0.29, 0.717) is 18.7 Å². The first-order chi connectivity index (χ1) is 9.41. The Balaban J connectivity index is 2.34. The molecule has 0 aliphatic carbocycles. The van der Waals surface area contributed by atoms with E-state index in [9.17, 15) is 17.6 Å². The Morgan fingerprint density at radius 1 is 1.25 bits per heavy atom. The Kier molecular flexibility index (Phi) is 4.03. The molecule has 0 unspecified atom stereocenters. The molecular weight excluding hydrogens is 278 g/mol. The molecular formula is C12H11F4N3O. The van der Waals surface area contributed by atoms with Gasteiger partial charge in [0.05, 0.1) is 17.7 Å². The third-order valence-corrected chi connectivity index (χ3v) is 2.52.